The normalized spacial score (nSPS) is 11.8. The Morgan fingerprint density at radius 2 is 2.13 bits per heavy atom. The summed E-state index contributed by atoms with van der Waals surface area (Å²) in [5, 5.41) is 9.11. The second kappa shape index (κ2) is 6.38. The number of ether oxygens (including phenoxy) is 1. The summed E-state index contributed by atoms with van der Waals surface area (Å²) in [5.74, 6) is 0. The molecule has 0 unspecified atom stereocenters. The number of aliphatic hydroxyl groups excluding tert-OH is 1. The highest BCUT2D eigenvalue weighted by molar-refractivity contribution is 5.56. The van der Waals surface area contributed by atoms with Crippen LogP contribution in [0.5, 0.6) is 0 Å². The summed E-state index contributed by atoms with van der Waals surface area (Å²) in [7, 11) is 1.69. The van der Waals surface area contributed by atoms with E-state index >= 15 is 0 Å². The maximum Gasteiger partial charge on any atom is 0.0718 e. The Hall–Kier alpha value is -1.12. The molecule has 0 aromatic heterocycles. The molecule has 1 N–H and O–H groups in total. The summed E-state index contributed by atoms with van der Waals surface area (Å²) in [6, 6.07) is 8.07. The van der Waals surface area contributed by atoms with Gasteiger partial charge in [0.05, 0.1) is 13.2 Å². The molecule has 0 radical (unpaired) electrons. The van der Waals surface area contributed by atoms with Crippen molar-refractivity contribution in [1.82, 2.24) is 0 Å². The largest absolute Gasteiger partial charge is 0.392 e. The predicted molar refractivity (Wildman–Crippen MR) is 62.5 cm³/mol. The van der Waals surface area contributed by atoms with Gasteiger partial charge in [-0.25, -0.2) is 0 Å². The Labute approximate surface area is 91.2 Å². The minimum absolute atomic E-state index is 0.123. The molecule has 0 aliphatic carbocycles. The molecule has 0 atom stereocenters. The van der Waals surface area contributed by atoms with E-state index in [9.17, 15) is 0 Å². The monoisotopic (exact) mass is 206 g/mol. The first kappa shape index (κ1) is 12.0. The van der Waals surface area contributed by atoms with Crippen LogP contribution >= 0.6 is 0 Å². The van der Waals surface area contributed by atoms with Crippen molar-refractivity contribution in [1.29, 1.82) is 0 Å². The lowest BCUT2D eigenvalue weighted by Gasteiger charge is -2.06. The van der Waals surface area contributed by atoms with Crippen molar-refractivity contribution < 1.29 is 9.84 Å². The molecule has 0 amide bonds. The lowest BCUT2D eigenvalue weighted by Crippen LogP contribution is -1.93. The minimum atomic E-state index is 0.123. The standard InChI is InChI=1S/C13H18O2/c1-3-11(9-14)8-12-6-4-5-7-13(12)10-15-2/h4-8,14H,3,9-10H2,1-2H3. The third kappa shape index (κ3) is 3.50. The summed E-state index contributed by atoms with van der Waals surface area (Å²) in [5.41, 5.74) is 3.32. The molecule has 2 heteroatoms. The van der Waals surface area contributed by atoms with Crippen molar-refractivity contribution in [3.05, 3.63) is 41.0 Å². The van der Waals surface area contributed by atoms with Gasteiger partial charge in [0, 0.05) is 7.11 Å². The van der Waals surface area contributed by atoms with Gasteiger partial charge in [-0.3, -0.25) is 0 Å². The van der Waals surface area contributed by atoms with Crippen molar-refractivity contribution in [2.45, 2.75) is 20.0 Å². The van der Waals surface area contributed by atoms with E-state index in [1.807, 2.05) is 37.3 Å². The molecule has 0 heterocycles. The van der Waals surface area contributed by atoms with E-state index in [-0.39, 0.29) is 6.61 Å². The van der Waals surface area contributed by atoms with Crippen LogP contribution in [-0.4, -0.2) is 18.8 Å². The minimum Gasteiger partial charge on any atom is -0.392 e. The van der Waals surface area contributed by atoms with Crippen LogP contribution in [0.3, 0.4) is 0 Å². The van der Waals surface area contributed by atoms with E-state index in [2.05, 4.69) is 0 Å². The van der Waals surface area contributed by atoms with Crippen LogP contribution in [0.2, 0.25) is 0 Å². The van der Waals surface area contributed by atoms with Crippen molar-refractivity contribution in [2.75, 3.05) is 13.7 Å². The van der Waals surface area contributed by atoms with Gasteiger partial charge in [-0.05, 0) is 23.1 Å². The van der Waals surface area contributed by atoms with Gasteiger partial charge in [-0.2, -0.15) is 0 Å². The second-order valence-electron chi connectivity index (χ2n) is 3.45. The molecule has 15 heavy (non-hydrogen) atoms. The Bertz CT molecular complexity index is 323. The average molecular weight is 206 g/mol. The summed E-state index contributed by atoms with van der Waals surface area (Å²) >= 11 is 0. The van der Waals surface area contributed by atoms with Crippen molar-refractivity contribution >= 4 is 6.08 Å². The Morgan fingerprint density at radius 3 is 2.73 bits per heavy atom. The second-order valence-corrected chi connectivity index (χ2v) is 3.45. The molecule has 0 saturated carbocycles. The van der Waals surface area contributed by atoms with Crippen LogP contribution in [0.15, 0.2) is 29.8 Å². The zero-order valence-electron chi connectivity index (χ0n) is 9.36. The van der Waals surface area contributed by atoms with Gasteiger partial charge in [-0.1, -0.05) is 37.3 Å². The summed E-state index contributed by atoms with van der Waals surface area (Å²) < 4.78 is 5.13. The molecule has 1 aromatic carbocycles. The molecule has 2 nitrogen and oxygen atoms in total. The first-order valence-corrected chi connectivity index (χ1v) is 5.19. The molecule has 0 aliphatic heterocycles. The van der Waals surface area contributed by atoms with E-state index in [1.165, 1.54) is 0 Å². The van der Waals surface area contributed by atoms with Gasteiger partial charge in [0.2, 0.25) is 0 Å². The van der Waals surface area contributed by atoms with Crippen LogP contribution in [0, 0.1) is 0 Å². The van der Waals surface area contributed by atoms with E-state index in [0.29, 0.717) is 6.61 Å². The fourth-order valence-electron chi connectivity index (χ4n) is 1.44. The van der Waals surface area contributed by atoms with Crippen LogP contribution < -0.4 is 0 Å². The van der Waals surface area contributed by atoms with Crippen molar-refractivity contribution in [2.24, 2.45) is 0 Å². The van der Waals surface area contributed by atoms with Crippen LogP contribution in [-0.2, 0) is 11.3 Å². The SMILES string of the molecule is CCC(=Cc1ccccc1COC)CO. The van der Waals surface area contributed by atoms with Crippen LogP contribution in [0.1, 0.15) is 24.5 Å². The number of aliphatic hydroxyl groups is 1. The Balaban J connectivity index is 2.96. The first-order chi connectivity index (χ1) is 7.31. The number of rotatable bonds is 5. The van der Waals surface area contributed by atoms with Crippen LogP contribution in [0.25, 0.3) is 6.08 Å². The number of hydrogen-bond acceptors (Lipinski definition) is 2. The molecular formula is C13H18O2. The molecule has 82 valence electrons. The summed E-state index contributed by atoms with van der Waals surface area (Å²) in [4.78, 5) is 0. The highest BCUT2D eigenvalue weighted by Gasteiger charge is 1.99. The zero-order chi connectivity index (χ0) is 11.1. The fraction of sp³-hybridized carbons (Fsp3) is 0.385. The quantitative estimate of drug-likeness (QED) is 0.802. The van der Waals surface area contributed by atoms with Gasteiger partial charge in [0.25, 0.3) is 0 Å². The molecule has 0 spiro atoms. The van der Waals surface area contributed by atoms with E-state index in [4.69, 9.17) is 9.84 Å². The van der Waals surface area contributed by atoms with Crippen molar-refractivity contribution in [3.63, 3.8) is 0 Å². The number of methoxy groups -OCH3 is 1. The Morgan fingerprint density at radius 1 is 1.40 bits per heavy atom. The molecule has 1 rings (SSSR count). The smallest absolute Gasteiger partial charge is 0.0718 e. The maximum atomic E-state index is 9.11. The third-order valence-electron chi connectivity index (χ3n) is 2.37. The lowest BCUT2D eigenvalue weighted by atomic mass is 10.0. The molecule has 1 aromatic rings. The highest BCUT2D eigenvalue weighted by atomic mass is 16.5. The molecule has 0 bridgehead atoms. The highest BCUT2D eigenvalue weighted by Crippen LogP contribution is 2.15. The van der Waals surface area contributed by atoms with Gasteiger partial charge >= 0.3 is 0 Å². The van der Waals surface area contributed by atoms with Crippen molar-refractivity contribution in [3.8, 4) is 0 Å². The molecule has 0 fully saturated rings. The third-order valence-corrected chi connectivity index (χ3v) is 2.37. The summed E-state index contributed by atoms with van der Waals surface area (Å²) in [6.07, 6.45) is 2.91. The zero-order valence-corrected chi connectivity index (χ0v) is 9.36. The van der Waals surface area contributed by atoms with E-state index in [1.54, 1.807) is 7.11 Å². The van der Waals surface area contributed by atoms with Gasteiger partial charge in [-0.15, -0.1) is 0 Å². The number of benzene rings is 1. The van der Waals surface area contributed by atoms with Gasteiger partial charge in [0.1, 0.15) is 0 Å². The summed E-state index contributed by atoms with van der Waals surface area (Å²) in [6.45, 7) is 2.77. The fourth-order valence-corrected chi connectivity index (χ4v) is 1.44. The van der Waals surface area contributed by atoms with Crippen LogP contribution in [0.4, 0.5) is 0 Å². The first-order valence-electron chi connectivity index (χ1n) is 5.19. The maximum absolute atomic E-state index is 9.11. The predicted octanol–water partition coefficient (Wildman–Crippen LogP) is 2.62. The van der Waals surface area contributed by atoms with Gasteiger partial charge < -0.3 is 9.84 Å². The molecule has 0 aliphatic rings. The topological polar surface area (TPSA) is 29.5 Å². The van der Waals surface area contributed by atoms with Gasteiger partial charge in [0.15, 0.2) is 0 Å². The molecule has 0 saturated heterocycles. The van der Waals surface area contributed by atoms with E-state index in [0.717, 1.165) is 23.1 Å². The Kier molecular flexibility index (Phi) is 5.08. The van der Waals surface area contributed by atoms with E-state index < -0.39 is 0 Å². The number of hydrogen-bond donors (Lipinski definition) is 1. The lowest BCUT2D eigenvalue weighted by molar-refractivity contribution is 0.184. The molecular weight excluding hydrogens is 188 g/mol. The average Bonchev–Trinajstić information content (AvgIpc) is 2.28.